The van der Waals surface area contributed by atoms with Crippen LogP contribution >= 0.6 is 11.6 Å². The smallest absolute Gasteiger partial charge is 0.337 e. The van der Waals surface area contributed by atoms with Gasteiger partial charge in [-0.25, -0.2) is 4.79 Å². The van der Waals surface area contributed by atoms with Crippen LogP contribution in [0.2, 0.25) is 5.02 Å². The molecule has 4 nitrogen and oxygen atoms in total. The molecule has 1 aromatic carbocycles. The zero-order valence-electron chi connectivity index (χ0n) is 8.35. The van der Waals surface area contributed by atoms with Crippen molar-refractivity contribution in [3.63, 3.8) is 0 Å². The van der Waals surface area contributed by atoms with E-state index in [9.17, 15) is 4.79 Å². The highest BCUT2D eigenvalue weighted by Crippen LogP contribution is 2.24. The maximum atomic E-state index is 11.0. The number of rotatable bonds is 3. The van der Waals surface area contributed by atoms with Crippen LogP contribution in [0.1, 0.15) is 10.4 Å². The van der Waals surface area contributed by atoms with E-state index in [0.29, 0.717) is 17.0 Å². The molecule has 2 N–H and O–H groups in total. The number of carboxylic acid groups (broad SMARTS) is 1. The molecule has 0 fully saturated rings. The fraction of sp³-hybridized carbons (Fsp3) is 0.182. The molecule has 1 heterocycles. The number of aliphatic hydroxyl groups is 1. The van der Waals surface area contributed by atoms with E-state index in [1.807, 2.05) is 0 Å². The van der Waals surface area contributed by atoms with E-state index in [2.05, 4.69) is 0 Å². The zero-order chi connectivity index (χ0) is 11.7. The quantitative estimate of drug-likeness (QED) is 0.861. The zero-order valence-corrected chi connectivity index (χ0v) is 9.11. The van der Waals surface area contributed by atoms with E-state index in [0.717, 1.165) is 5.52 Å². The molecular weight excluding hydrogens is 230 g/mol. The predicted molar refractivity (Wildman–Crippen MR) is 61.0 cm³/mol. The van der Waals surface area contributed by atoms with Crippen molar-refractivity contribution >= 4 is 28.5 Å². The summed E-state index contributed by atoms with van der Waals surface area (Å²) in [5, 5.41) is 19.1. The SMILES string of the molecule is O=C(O)c1cn(CCO)c2cc(Cl)ccc12. The average Bonchev–Trinajstić information content (AvgIpc) is 2.58. The maximum absolute atomic E-state index is 11.0. The van der Waals surface area contributed by atoms with Crippen molar-refractivity contribution in [1.29, 1.82) is 0 Å². The van der Waals surface area contributed by atoms with Crippen LogP contribution in [0.5, 0.6) is 0 Å². The maximum Gasteiger partial charge on any atom is 0.337 e. The summed E-state index contributed by atoms with van der Waals surface area (Å²) < 4.78 is 1.69. The third-order valence-electron chi connectivity index (χ3n) is 2.42. The second-order valence-corrected chi connectivity index (χ2v) is 3.86. The number of aliphatic hydroxyl groups excluding tert-OH is 1. The van der Waals surface area contributed by atoms with Crippen molar-refractivity contribution in [2.24, 2.45) is 0 Å². The number of halogens is 1. The standard InChI is InChI=1S/C11H10ClNO3/c12-7-1-2-8-9(11(15)16)6-13(3-4-14)10(8)5-7/h1-2,5-6,14H,3-4H2,(H,15,16). The van der Waals surface area contributed by atoms with Gasteiger partial charge < -0.3 is 14.8 Å². The fourth-order valence-corrected chi connectivity index (χ4v) is 1.89. The summed E-state index contributed by atoms with van der Waals surface area (Å²) in [4.78, 5) is 11.0. The Kier molecular flexibility index (Phi) is 2.85. The van der Waals surface area contributed by atoms with Crippen molar-refractivity contribution in [3.8, 4) is 0 Å². The molecule has 0 radical (unpaired) electrons. The third kappa shape index (κ3) is 1.77. The summed E-state index contributed by atoms with van der Waals surface area (Å²) in [6, 6.07) is 5.02. The first-order chi connectivity index (χ1) is 7.63. The molecule has 0 saturated carbocycles. The Morgan fingerprint density at radius 2 is 2.19 bits per heavy atom. The van der Waals surface area contributed by atoms with E-state index in [1.165, 1.54) is 6.20 Å². The number of nitrogens with zero attached hydrogens (tertiary/aromatic N) is 1. The first kappa shape index (κ1) is 11.0. The highest BCUT2D eigenvalue weighted by atomic mass is 35.5. The van der Waals surface area contributed by atoms with Crippen molar-refractivity contribution in [2.45, 2.75) is 6.54 Å². The first-order valence-electron chi connectivity index (χ1n) is 4.76. The minimum absolute atomic E-state index is 0.0463. The summed E-state index contributed by atoms with van der Waals surface area (Å²) >= 11 is 5.86. The van der Waals surface area contributed by atoms with Gasteiger partial charge in [0.15, 0.2) is 0 Å². The van der Waals surface area contributed by atoms with Gasteiger partial charge in [0, 0.05) is 23.2 Å². The van der Waals surface area contributed by atoms with Gasteiger partial charge in [-0.3, -0.25) is 0 Å². The van der Waals surface area contributed by atoms with E-state index in [-0.39, 0.29) is 12.2 Å². The number of fused-ring (bicyclic) bond motifs is 1. The van der Waals surface area contributed by atoms with Gasteiger partial charge in [-0.2, -0.15) is 0 Å². The molecule has 0 spiro atoms. The second-order valence-electron chi connectivity index (χ2n) is 3.43. The average molecular weight is 240 g/mol. The lowest BCUT2D eigenvalue weighted by Gasteiger charge is -2.01. The van der Waals surface area contributed by atoms with Crippen LogP contribution in [0, 0.1) is 0 Å². The number of carboxylic acids is 1. The molecule has 0 aliphatic carbocycles. The number of hydrogen-bond acceptors (Lipinski definition) is 2. The molecule has 0 aliphatic heterocycles. The number of aromatic carboxylic acids is 1. The molecule has 0 amide bonds. The van der Waals surface area contributed by atoms with E-state index in [1.54, 1.807) is 22.8 Å². The first-order valence-corrected chi connectivity index (χ1v) is 5.14. The van der Waals surface area contributed by atoms with Gasteiger partial charge in [-0.1, -0.05) is 17.7 Å². The van der Waals surface area contributed by atoms with E-state index >= 15 is 0 Å². The van der Waals surface area contributed by atoms with Crippen molar-refractivity contribution in [2.75, 3.05) is 6.61 Å². The Balaban J connectivity index is 2.71. The Morgan fingerprint density at radius 1 is 1.44 bits per heavy atom. The van der Waals surface area contributed by atoms with Crippen LogP contribution in [0.15, 0.2) is 24.4 Å². The third-order valence-corrected chi connectivity index (χ3v) is 2.65. The van der Waals surface area contributed by atoms with Crippen LogP contribution in [-0.2, 0) is 6.54 Å². The summed E-state index contributed by atoms with van der Waals surface area (Å²) in [6.45, 7) is 0.305. The van der Waals surface area contributed by atoms with Gasteiger partial charge in [-0.05, 0) is 12.1 Å². The lowest BCUT2D eigenvalue weighted by atomic mass is 10.2. The predicted octanol–water partition coefficient (Wildman–Crippen LogP) is 1.99. The fourth-order valence-electron chi connectivity index (χ4n) is 1.73. The normalized spacial score (nSPS) is 10.9. The van der Waals surface area contributed by atoms with Crippen LogP contribution < -0.4 is 0 Å². The molecule has 16 heavy (non-hydrogen) atoms. The number of benzene rings is 1. The molecule has 2 aromatic rings. The Labute approximate surface area is 96.7 Å². The molecule has 2 rings (SSSR count). The second kappa shape index (κ2) is 4.15. The Bertz CT molecular complexity index is 547. The summed E-state index contributed by atoms with van der Waals surface area (Å²) in [7, 11) is 0. The molecule has 0 bridgehead atoms. The molecule has 84 valence electrons. The summed E-state index contributed by atoms with van der Waals surface area (Å²) in [6.07, 6.45) is 1.51. The molecule has 0 atom stereocenters. The van der Waals surface area contributed by atoms with Gasteiger partial charge >= 0.3 is 5.97 Å². The highest BCUT2D eigenvalue weighted by molar-refractivity contribution is 6.31. The Morgan fingerprint density at radius 3 is 2.81 bits per heavy atom. The van der Waals surface area contributed by atoms with Gasteiger partial charge in [0.25, 0.3) is 0 Å². The van der Waals surface area contributed by atoms with Crippen molar-refractivity contribution in [1.82, 2.24) is 4.57 Å². The molecule has 0 aliphatic rings. The molecule has 0 saturated heterocycles. The van der Waals surface area contributed by atoms with Crippen LogP contribution in [-0.4, -0.2) is 27.4 Å². The van der Waals surface area contributed by atoms with Gasteiger partial charge in [0.05, 0.1) is 17.7 Å². The molecule has 1 aromatic heterocycles. The van der Waals surface area contributed by atoms with Gasteiger partial charge in [0.1, 0.15) is 0 Å². The lowest BCUT2D eigenvalue weighted by Crippen LogP contribution is -2.00. The lowest BCUT2D eigenvalue weighted by molar-refractivity contribution is 0.0698. The molecular formula is C11H10ClNO3. The summed E-state index contributed by atoms with van der Waals surface area (Å²) in [5.74, 6) is -0.982. The molecule has 0 unspecified atom stereocenters. The monoisotopic (exact) mass is 239 g/mol. The van der Waals surface area contributed by atoms with Gasteiger partial charge in [-0.15, -0.1) is 0 Å². The van der Waals surface area contributed by atoms with Crippen LogP contribution in [0.3, 0.4) is 0 Å². The van der Waals surface area contributed by atoms with Gasteiger partial charge in [0.2, 0.25) is 0 Å². The minimum Gasteiger partial charge on any atom is -0.478 e. The molecule has 5 heteroatoms. The van der Waals surface area contributed by atoms with Crippen LogP contribution in [0.25, 0.3) is 10.9 Å². The van der Waals surface area contributed by atoms with Crippen molar-refractivity contribution < 1.29 is 15.0 Å². The Hall–Kier alpha value is -1.52. The topological polar surface area (TPSA) is 62.5 Å². The van der Waals surface area contributed by atoms with E-state index in [4.69, 9.17) is 21.8 Å². The number of aromatic nitrogens is 1. The highest BCUT2D eigenvalue weighted by Gasteiger charge is 2.13. The van der Waals surface area contributed by atoms with Crippen LogP contribution in [0.4, 0.5) is 0 Å². The number of hydrogen-bond donors (Lipinski definition) is 2. The van der Waals surface area contributed by atoms with E-state index < -0.39 is 5.97 Å². The largest absolute Gasteiger partial charge is 0.478 e. The van der Waals surface area contributed by atoms with Crippen molar-refractivity contribution in [3.05, 3.63) is 35.0 Å². The number of carbonyl (C=O) groups is 1. The minimum atomic E-state index is -0.982. The summed E-state index contributed by atoms with van der Waals surface area (Å²) in [5.41, 5.74) is 0.944.